The molecule has 0 unspecified atom stereocenters. The van der Waals surface area contributed by atoms with Gasteiger partial charge in [-0.2, -0.15) is 4.80 Å². The molecule has 15 heavy (non-hydrogen) atoms. The maximum Gasteiger partial charge on any atom is 0.335 e. The van der Waals surface area contributed by atoms with Crippen molar-refractivity contribution in [3.05, 3.63) is 34.6 Å². The predicted molar refractivity (Wildman–Crippen MR) is 53.5 cm³/mol. The molecule has 0 radical (unpaired) electrons. The van der Waals surface area contributed by atoms with Crippen molar-refractivity contribution in [2.75, 3.05) is 0 Å². The van der Waals surface area contributed by atoms with Crippen LogP contribution in [0, 0.1) is 4.77 Å². The minimum Gasteiger partial charge on any atom is -0.478 e. The van der Waals surface area contributed by atoms with Gasteiger partial charge in [-0.3, -0.25) is 0 Å². The monoisotopic (exact) mass is 222 g/mol. The van der Waals surface area contributed by atoms with Gasteiger partial charge in [0.2, 0.25) is 4.77 Å². The van der Waals surface area contributed by atoms with Crippen molar-refractivity contribution in [3.63, 3.8) is 0 Å². The summed E-state index contributed by atoms with van der Waals surface area (Å²) in [7, 11) is 0. The zero-order valence-corrected chi connectivity index (χ0v) is 8.23. The highest BCUT2D eigenvalue weighted by molar-refractivity contribution is 7.71. The molecular weight excluding hydrogens is 216 g/mol. The van der Waals surface area contributed by atoms with Gasteiger partial charge in [0.25, 0.3) is 0 Å². The van der Waals surface area contributed by atoms with Crippen LogP contribution in [-0.2, 0) is 0 Å². The fraction of sp³-hybridized carbons (Fsp3) is 0. The molecule has 0 aliphatic heterocycles. The zero-order valence-electron chi connectivity index (χ0n) is 7.41. The van der Waals surface area contributed by atoms with E-state index in [0.29, 0.717) is 5.69 Å². The van der Waals surface area contributed by atoms with Gasteiger partial charge in [-0.15, -0.1) is 0 Å². The van der Waals surface area contributed by atoms with Gasteiger partial charge in [0.15, 0.2) is 0 Å². The molecule has 0 atom stereocenters. The Bertz CT molecular complexity index is 560. The van der Waals surface area contributed by atoms with E-state index in [1.165, 1.54) is 16.9 Å². The van der Waals surface area contributed by atoms with E-state index in [9.17, 15) is 4.79 Å². The summed E-state index contributed by atoms with van der Waals surface area (Å²) in [5, 5.41) is 18.8. The third-order valence-corrected chi connectivity index (χ3v) is 1.94. The van der Waals surface area contributed by atoms with Crippen molar-refractivity contribution in [1.82, 2.24) is 20.2 Å². The highest BCUT2D eigenvalue weighted by Crippen LogP contribution is 2.07. The van der Waals surface area contributed by atoms with Crippen LogP contribution in [0.1, 0.15) is 10.4 Å². The van der Waals surface area contributed by atoms with Crippen LogP contribution in [0.4, 0.5) is 0 Å². The van der Waals surface area contributed by atoms with Crippen molar-refractivity contribution in [2.24, 2.45) is 0 Å². The molecule has 0 spiro atoms. The second kappa shape index (κ2) is 3.62. The molecule has 0 amide bonds. The molecule has 2 N–H and O–H groups in total. The molecule has 6 nitrogen and oxygen atoms in total. The van der Waals surface area contributed by atoms with Gasteiger partial charge in [-0.1, -0.05) is 11.2 Å². The lowest BCUT2D eigenvalue weighted by molar-refractivity contribution is 0.0697. The van der Waals surface area contributed by atoms with E-state index in [1.54, 1.807) is 12.1 Å². The first-order valence-electron chi connectivity index (χ1n) is 4.02. The normalized spacial score (nSPS) is 10.1. The van der Waals surface area contributed by atoms with Gasteiger partial charge >= 0.3 is 5.97 Å². The van der Waals surface area contributed by atoms with E-state index < -0.39 is 5.97 Å². The number of hydrogen-bond acceptors (Lipinski definition) is 4. The minimum atomic E-state index is -0.990. The summed E-state index contributed by atoms with van der Waals surface area (Å²) >= 11 is 4.75. The summed E-state index contributed by atoms with van der Waals surface area (Å²) in [6.07, 6.45) is 0. The Morgan fingerprint density at radius 2 is 2.33 bits per heavy atom. The number of aromatic nitrogens is 4. The Kier molecular flexibility index (Phi) is 2.30. The maximum atomic E-state index is 10.7. The number of nitrogens with one attached hydrogen (secondary N) is 1. The lowest BCUT2D eigenvalue weighted by Crippen LogP contribution is -2.02. The molecule has 0 bridgehead atoms. The van der Waals surface area contributed by atoms with Crippen molar-refractivity contribution < 1.29 is 9.90 Å². The number of H-pyrrole nitrogens is 1. The fourth-order valence-corrected chi connectivity index (χ4v) is 1.23. The van der Waals surface area contributed by atoms with E-state index >= 15 is 0 Å². The number of carboxylic acid groups (broad SMARTS) is 1. The Morgan fingerprint density at radius 1 is 1.53 bits per heavy atom. The van der Waals surface area contributed by atoms with Gasteiger partial charge in [0.05, 0.1) is 11.3 Å². The summed E-state index contributed by atoms with van der Waals surface area (Å²) in [5.74, 6) is -0.990. The predicted octanol–water partition coefficient (Wildman–Crippen LogP) is 1.02. The van der Waals surface area contributed by atoms with Crippen LogP contribution in [0.25, 0.3) is 5.69 Å². The van der Waals surface area contributed by atoms with Gasteiger partial charge in [-0.25, -0.2) is 9.89 Å². The van der Waals surface area contributed by atoms with Crippen LogP contribution in [-0.4, -0.2) is 31.3 Å². The Hall–Kier alpha value is -2.02. The minimum absolute atomic E-state index is 0.183. The van der Waals surface area contributed by atoms with E-state index in [-0.39, 0.29) is 10.3 Å². The SMILES string of the molecule is O=C(O)c1cccc(-n2nnc(=S)[nH]2)c1. The molecule has 7 heteroatoms. The zero-order chi connectivity index (χ0) is 10.8. The molecule has 1 aromatic carbocycles. The number of benzene rings is 1. The van der Waals surface area contributed by atoms with E-state index in [2.05, 4.69) is 15.4 Å². The average molecular weight is 222 g/mol. The summed E-state index contributed by atoms with van der Waals surface area (Å²) in [6.45, 7) is 0. The Morgan fingerprint density at radius 3 is 2.93 bits per heavy atom. The molecule has 2 rings (SSSR count). The van der Waals surface area contributed by atoms with Crippen molar-refractivity contribution in [2.45, 2.75) is 0 Å². The third-order valence-electron chi connectivity index (χ3n) is 1.76. The van der Waals surface area contributed by atoms with Crippen LogP contribution < -0.4 is 0 Å². The van der Waals surface area contributed by atoms with Gasteiger partial charge < -0.3 is 5.11 Å². The molecule has 0 fully saturated rings. The number of aromatic amines is 1. The molecular formula is C8H6N4O2S. The van der Waals surface area contributed by atoms with Crippen LogP contribution in [0.2, 0.25) is 0 Å². The summed E-state index contributed by atoms with van der Waals surface area (Å²) < 4.78 is 0.246. The number of nitrogens with zero attached hydrogens (tertiary/aromatic N) is 3. The van der Waals surface area contributed by atoms with Crippen LogP contribution >= 0.6 is 12.2 Å². The third kappa shape index (κ3) is 1.91. The molecule has 0 saturated heterocycles. The first kappa shape index (κ1) is 9.53. The fourth-order valence-electron chi connectivity index (χ4n) is 1.11. The molecule has 76 valence electrons. The summed E-state index contributed by atoms with van der Waals surface area (Å²) in [6, 6.07) is 6.30. The average Bonchev–Trinajstić information content (AvgIpc) is 2.65. The lowest BCUT2D eigenvalue weighted by Gasteiger charge is -2.00. The van der Waals surface area contributed by atoms with Crippen LogP contribution in [0.5, 0.6) is 0 Å². The smallest absolute Gasteiger partial charge is 0.335 e. The summed E-state index contributed by atoms with van der Waals surface area (Å²) in [4.78, 5) is 12.0. The molecule has 1 aromatic heterocycles. The first-order valence-corrected chi connectivity index (χ1v) is 4.43. The van der Waals surface area contributed by atoms with Crippen molar-refractivity contribution in [3.8, 4) is 5.69 Å². The maximum absolute atomic E-state index is 10.7. The number of aromatic carboxylic acids is 1. The molecule has 0 saturated carbocycles. The summed E-state index contributed by atoms with van der Waals surface area (Å²) in [5.41, 5.74) is 0.751. The number of rotatable bonds is 2. The van der Waals surface area contributed by atoms with Gasteiger partial charge in [0, 0.05) is 0 Å². The number of carboxylic acids is 1. The quantitative estimate of drug-likeness (QED) is 0.741. The number of hydrogen-bond donors (Lipinski definition) is 2. The van der Waals surface area contributed by atoms with E-state index in [1.807, 2.05) is 0 Å². The van der Waals surface area contributed by atoms with Crippen LogP contribution in [0.15, 0.2) is 24.3 Å². The lowest BCUT2D eigenvalue weighted by atomic mass is 10.2. The van der Waals surface area contributed by atoms with Crippen molar-refractivity contribution >= 4 is 18.2 Å². The molecule has 2 aromatic rings. The topological polar surface area (TPSA) is 83.8 Å². The number of tetrazole rings is 1. The van der Waals surface area contributed by atoms with Crippen LogP contribution in [0.3, 0.4) is 0 Å². The van der Waals surface area contributed by atoms with E-state index in [0.717, 1.165) is 0 Å². The molecule has 1 heterocycles. The largest absolute Gasteiger partial charge is 0.478 e. The second-order valence-electron chi connectivity index (χ2n) is 2.77. The standard InChI is InChI=1S/C8H6N4O2S/c13-7(14)5-2-1-3-6(4-5)12-10-8(15)9-11-12/h1-4H,(H,10,15)(H,13,14). The highest BCUT2D eigenvalue weighted by atomic mass is 32.1. The molecule has 0 aliphatic carbocycles. The Labute approximate surface area is 89.2 Å². The van der Waals surface area contributed by atoms with Gasteiger partial charge in [-0.05, 0) is 35.6 Å². The van der Waals surface area contributed by atoms with Crippen molar-refractivity contribution in [1.29, 1.82) is 0 Å². The highest BCUT2D eigenvalue weighted by Gasteiger charge is 2.04. The Balaban J connectivity index is 2.49. The number of carbonyl (C=O) groups is 1. The second-order valence-corrected chi connectivity index (χ2v) is 3.16. The van der Waals surface area contributed by atoms with Gasteiger partial charge in [0.1, 0.15) is 0 Å². The molecule has 0 aliphatic rings. The van der Waals surface area contributed by atoms with E-state index in [4.69, 9.17) is 17.3 Å². The first-order chi connectivity index (χ1) is 7.16.